The number of ketones is 1. The molecule has 0 unspecified atom stereocenters. The Morgan fingerprint density at radius 1 is 1.05 bits per heavy atom. The lowest BCUT2D eigenvalue weighted by molar-refractivity contribution is -0.160. The van der Waals surface area contributed by atoms with Crippen LogP contribution in [0.4, 0.5) is 0 Å². The maximum Gasteiger partial charge on any atom is 0.231 e. The summed E-state index contributed by atoms with van der Waals surface area (Å²) in [5.41, 5.74) is -0.365. The van der Waals surface area contributed by atoms with Crippen LogP contribution >= 0.6 is 0 Å². The lowest BCUT2D eigenvalue weighted by Crippen LogP contribution is -2.60. The Labute approximate surface area is 234 Å². The first kappa shape index (κ1) is 27.7. The number of rotatable bonds is 3. The fourth-order valence-corrected chi connectivity index (χ4v) is 10.8. The Balaban J connectivity index is 1.16. The number of amides is 2. The molecule has 7 heteroatoms. The van der Waals surface area contributed by atoms with E-state index in [-0.39, 0.29) is 46.9 Å². The average Bonchev–Trinajstić information content (AvgIpc) is 3.33. The van der Waals surface area contributed by atoms with E-state index in [0.717, 1.165) is 38.6 Å². The Hall–Kier alpha value is -1.47. The molecule has 2 amide bonds. The number of ether oxygens (including phenoxy) is 1. The van der Waals surface area contributed by atoms with Crippen molar-refractivity contribution in [3.05, 3.63) is 0 Å². The van der Waals surface area contributed by atoms with E-state index in [2.05, 4.69) is 38.3 Å². The molecule has 6 rings (SSSR count). The summed E-state index contributed by atoms with van der Waals surface area (Å²) in [6.07, 6.45) is 9.44. The van der Waals surface area contributed by atoms with Crippen molar-refractivity contribution in [1.29, 1.82) is 0 Å². The van der Waals surface area contributed by atoms with Crippen molar-refractivity contribution in [3.63, 3.8) is 0 Å². The van der Waals surface area contributed by atoms with Gasteiger partial charge in [0.25, 0.3) is 0 Å². The summed E-state index contributed by atoms with van der Waals surface area (Å²) in [7, 11) is 3.37. The van der Waals surface area contributed by atoms with Gasteiger partial charge >= 0.3 is 0 Å². The number of hydrogen-bond donors (Lipinski definition) is 2. The first-order valence-corrected chi connectivity index (χ1v) is 15.8. The molecule has 2 aliphatic heterocycles. The van der Waals surface area contributed by atoms with Crippen LogP contribution < -0.4 is 10.6 Å². The zero-order chi connectivity index (χ0) is 27.9. The molecule has 6 aliphatic rings. The fraction of sp³-hybridized carbons (Fsp3) is 0.906. The molecule has 4 saturated carbocycles. The summed E-state index contributed by atoms with van der Waals surface area (Å²) in [6, 6.07) is 0.133. The van der Waals surface area contributed by atoms with Gasteiger partial charge in [-0.1, -0.05) is 27.7 Å². The van der Waals surface area contributed by atoms with Crippen LogP contribution in [0.25, 0.3) is 0 Å². The van der Waals surface area contributed by atoms with Gasteiger partial charge in [-0.2, -0.15) is 0 Å². The normalized spacial score (nSPS) is 50.5. The summed E-state index contributed by atoms with van der Waals surface area (Å²) in [5.74, 6) is 3.52. The highest BCUT2D eigenvalue weighted by molar-refractivity contribution is 5.96. The van der Waals surface area contributed by atoms with Gasteiger partial charge in [0.05, 0.1) is 6.10 Å². The van der Waals surface area contributed by atoms with E-state index in [4.69, 9.17) is 4.74 Å². The molecule has 0 aromatic carbocycles. The predicted octanol–water partition coefficient (Wildman–Crippen LogP) is 4.15. The van der Waals surface area contributed by atoms with Gasteiger partial charge in [0.2, 0.25) is 11.8 Å². The smallest absolute Gasteiger partial charge is 0.231 e. The fourth-order valence-electron chi connectivity index (χ4n) is 10.8. The third kappa shape index (κ3) is 4.14. The SMILES string of the molecule is C[C@H]1CC[C@@]2(NC1)O[C@H]1C[C@H]3[C@@H]4CC[C@@H]5C[C@H](NC(=O)CC(=O)N(C)C)CC[C@]5(C)[C@H]4CC(=O)[C@]3(C)[C@H]1[C@@H]2C. The van der Waals surface area contributed by atoms with Crippen LogP contribution in [-0.2, 0) is 19.1 Å². The first-order valence-electron chi connectivity index (χ1n) is 15.8. The zero-order valence-electron chi connectivity index (χ0n) is 25.1. The van der Waals surface area contributed by atoms with Crippen LogP contribution in [0.3, 0.4) is 0 Å². The number of Topliss-reactive ketones (excluding diaryl/α,β-unsaturated/α-hetero) is 1. The van der Waals surface area contributed by atoms with Crippen molar-refractivity contribution in [1.82, 2.24) is 15.5 Å². The van der Waals surface area contributed by atoms with Crippen LogP contribution in [0.15, 0.2) is 0 Å². The van der Waals surface area contributed by atoms with E-state index in [1.54, 1.807) is 14.1 Å². The molecular weight excluding hydrogens is 490 g/mol. The molecule has 2 heterocycles. The average molecular weight is 542 g/mol. The standard InChI is InChI=1S/C32H51N3O4/c1-18-9-12-32(33-17-18)19(2)29-25(39-32)14-24-22-8-7-20-13-21(34-27(37)16-28(38)35(5)6)10-11-30(20,3)23(22)15-26(36)31(24,29)4/h18-25,29,33H,7-17H2,1-6H3,(H,34,37)/t18-,19-,20+,21+,22+,23-,24-,25-,29-,30-,31+,32+/m0/s1. The summed E-state index contributed by atoms with van der Waals surface area (Å²) >= 11 is 0. The molecule has 218 valence electrons. The Kier molecular flexibility index (Phi) is 6.77. The highest BCUT2D eigenvalue weighted by Gasteiger charge is 2.71. The van der Waals surface area contributed by atoms with Gasteiger partial charge in [-0.25, -0.2) is 0 Å². The van der Waals surface area contributed by atoms with Crippen molar-refractivity contribution in [2.24, 2.45) is 52.3 Å². The van der Waals surface area contributed by atoms with Crippen molar-refractivity contribution < 1.29 is 19.1 Å². The molecule has 2 N–H and O–H groups in total. The van der Waals surface area contributed by atoms with Crippen molar-refractivity contribution in [3.8, 4) is 0 Å². The van der Waals surface area contributed by atoms with E-state index >= 15 is 0 Å². The maximum atomic E-state index is 14.3. The number of carbonyl (C=O) groups excluding carboxylic acids is 3. The van der Waals surface area contributed by atoms with Gasteiger partial charge in [-0.05, 0) is 86.4 Å². The zero-order valence-corrected chi connectivity index (χ0v) is 25.1. The van der Waals surface area contributed by atoms with Gasteiger partial charge in [-0.3, -0.25) is 19.7 Å². The van der Waals surface area contributed by atoms with Crippen LogP contribution in [0.1, 0.15) is 91.9 Å². The van der Waals surface area contributed by atoms with Gasteiger partial charge < -0.3 is 15.0 Å². The number of fused-ring (bicyclic) bond motifs is 7. The topological polar surface area (TPSA) is 87.7 Å². The molecule has 6 fully saturated rings. The highest BCUT2D eigenvalue weighted by Crippen LogP contribution is 2.70. The second-order valence-electron chi connectivity index (χ2n) is 15.2. The van der Waals surface area contributed by atoms with Crippen LogP contribution in [0.2, 0.25) is 0 Å². The summed E-state index contributed by atoms with van der Waals surface area (Å²) in [5, 5.41) is 6.96. The molecule has 7 nitrogen and oxygen atoms in total. The highest BCUT2D eigenvalue weighted by atomic mass is 16.5. The van der Waals surface area contributed by atoms with Gasteiger partial charge in [0.1, 0.15) is 17.9 Å². The van der Waals surface area contributed by atoms with Crippen LogP contribution in [0, 0.1) is 52.3 Å². The quantitative estimate of drug-likeness (QED) is 0.524. The maximum absolute atomic E-state index is 14.3. The molecule has 0 bridgehead atoms. The molecule has 1 spiro atoms. The minimum Gasteiger partial charge on any atom is -0.357 e. The number of nitrogens with zero attached hydrogens (tertiary/aromatic N) is 1. The third-order valence-electron chi connectivity index (χ3n) is 13.2. The molecule has 0 radical (unpaired) electrons. The molecule has 4 aliphatic carbocycles. The number of carbonyl (C=O) groups is 3. The van der Waals surface area contributed by atoms with E-state index in [1.165, 1.54) is 24.2 Å². The van der Waals surface area contributed by atoms with Crippen LogP contribution in [-0.4, -0.2) is 61.0 Å². The second kappa shape index (κ2) is 9.54. The van der Waals surface area contributed by atoms with Gasteiger partial charge in [0.15, 0.2) is 0 Å². The van der Waals surface area contributed by atoms with E-state index in [9.17, 15) is 14.4 Å². The van der Waals surface area contributed by atoms with Crippen molar-refractivity contribution >= 4 is 17.6 Å². The number of piperidine rings is 1. The van der Waals surface area contributed by atoms with Crippen LogP contribution in [0.5, 0.6) is 0 Å². The monoisotopic (exact) mass is 541 g/mol. The Morgan fingerprint density at radius 2 is 1.82 bits per heavy atom. The summed E-state index contributed by atoms with van der Waals surface area (Å²) in [6.45, 7) is 10.5. The Bertz CT molecular complexity index is 1020. The summed E-state index contributed by atoms with van der Waals surface area (Å²) < 4.78 is 6.95. The van der Waals surface area contributed by atoms with Gasteiger partial charge in [0, 0.05) is 50.4 Å². The molecule has 0 aromatic rings. The lowest BCUT2D eigenvalue weighted by Gasteiger charge is -2.60. The lowest BCUT2D eigenvalue weighted by atomic mass is 9.44. The van der Waals surface area contributed by atoms with Crippen molar-refractivity contribution in [2.45, 2.75) is 110 Å². The molecule has 39 heavy (non-hydrogen) atoms. The predicted molar refractivity (Wildman–Crippen MR) is 149 cm³/mol. The third-order valence-corrected chi connectivity index (χ3v) is 13.2. The summed E-state index contributed by atoms with van der Waals surface area (Å²) in [4.78, 5) is 40.3. The minimum absolute atomic E-state index is 0.0798. The molecule has 0 aromatic heterocycles. The van der Waals surface area contributed by atoms with E-state index in [0.29, 0.717) is 53.6 Å². The molecule has 12 atom stereocenters. The molecular formula is C32H51N3O4. The van der Waals surface area contributed by atoms with Crippen molar-refractivity contribution in [2.75, 3.05) is 20.6 Å². The van der Waals surface area contributed by atoms with E-state index in [1.807, 2.05) is 0 Å². The Morgan fingerprint density at radius 3 is 2.51 bits per heavy atom. The van der Waals surface area contributed by atoms with Gasteiger partial charge in [-0.15, -0.1) is 0 Å². The number of nitrogens with one attached hydrogen (secondary N) is 2. The van der Waals surface area contributed by atoms with E-state index < -0.39 is 0 Å². The number of hydrogen-bond acceptors (Lipinski definition) is 5. The second-order valence-corrected chi connectivity index (χ2v) is 15.2. The largest absolute Gasteiger partial charge is 0.357 e. The molecule has 2 saturated heterocycles. The first-order chi connectivity index (χ1) is 18.4. The minimum atomic E-state index is -0.271.